The van der Waals surface area contributed by atoms with E-state index in [1.54, 1.807) is 28.8 Å². The second-order valence-electron chi connectivity index (χ2n) is 7.36. The van der Waals surface area contributed by atoms with Crippen LogP contribution in [0.2, 0.25) is 0 Å². The molecule has 158 valence electrons. The summed E-state index contributed by atoms with van der Waals surface area (Å²) in [4.78, 5) is 27.5. The second kappa shape index (κ2) is 8.20. The highest BCUT2D eigenvalue weighted by molar-refractivity contribution is 6.08. The SMILES string of the molecule is CCc1ccc2c(c1)c(-c1ccc[nH]c1=O)c(C(=O)O)n2Cc1ccc(CN)cc1F. The lowest BCUT2D eigenvalue weighted by Gasteiger charge is -2.11. The summed E-state index contributed by atoms with van der Waals surface area (Å²) in [6.45, 7) is 2.22. The monoisotopic (exact) mass is 419 g/mol. The van der Waals surface area contributed by atoms with Gasteiger partial charge in [-0.3, -0.25) is 4.79 Å². The molecule has 0 radical (unpaired) electrons. The second-order valence-corrected chi connectivity index (χ2v) is 7.36. The van der Waals surface area contributed by atoms with Crippen LogP contribution in [0, 0.1) is 5.82 Å². The molecule has 0 saturated carbocycles. The third kappa shape index (κ3) is 3.64. The van der Waals surface area contributed by atoms with Gasteiger partial charge in [0.2, 0.25) is 0 Å². The number of hydrogen-bond donors (Lipinski definition) is 3. The van der Waals surface area contributed by atoms with Crippen molar-refractivity contribution in [2.45, 2.75) is 26.4 Å². The summed E-state index contributed by atoms with van der Waals surface area (Å²) in [7, 11) is 0. The van der Waals surface area contributed by atoms with Crippen molar-refractivity contribution in [2.75, 3.05) is 0 Å². The van der Waals surface area contributed by atoms with Crippen molar-refractivity contribution in [3.63, 3.8) is 0 Å². The van der Waals surface area contributed by atoms with E-state index in [1.807, 2.05) is 25.1 Å². The normalized spacial score (nSPS) is 11.2. The molecule has 0 fully saturated rings. The number of nitrogens with two attached hydrogens (primary N) is 1. The van der Waals surface area contributed by atoms with Crippen LogP contribution in [0.3, 0.4) is 0 Å². The van der Waals surface area contributed by atoms with Crippen molar-refractivity contribution in [3.05, 3.63) is 93.3 Å². The van der Waals surface area contributed by atoms with E-state index in [4.69, 9.17) is 5.73 Å². The average molecular weight is 419 g/mol. The molecular weight excluding hydrogens is 397 g/mol. The molecule has 0 aliphatic carbocycles. The summed E-state index contributed by atoms with van der Waals surface area (Å²) in [6, 6.07) is 13.6. The molecule has 7 heteroatoms. The number of nitrogens with zero attached hydrogens (tertiary/aromatic N) is 1. The number of aromatic carboxylic acids is 1. The van der Waals surface area contributed by atoms with Gasteiger partial charge in [0, 0.05) is 40.3 Å². The lowest BCUT2D eigenvalue weighted by atomic mass is 10.0. The number of carboxylic acid groups (broad SMARTS) is 1. The highest BCUT2D eigenvalue weighted by Gasteiger charge is 2.25. The Morgan fingerprint density at radius 3 is 2.58 bits per heavy atom. The third-order valence-corrected chi connectivity index (χ3v) is 5.51. The molecular formula is C24H22FN3O3. The van der Waals surface area contributed by atoms with Gasteiger partial charge in [-0.05, 0) is 47.9 Å². The molecule has 2 aromatic carbocycles. The minimum Gasteiger partial charge on any atom is -0.477 e. The minimum atomic E-state index is -1.19. The number of halogens is 1. The van der Waals surface area contributed by atoms with Crippen LogP contribution in [0.15, 0.2) is 59.5 Å². The zero-order chi connectivity index (χ0) is 22.1. The quantitative estimate of drug-likeness (QED) is 0.441. The number of pyridine rings is 1. The van der Waals surface area contributed by atoms with E-state index in [-0.39, 0.29) is 29.9 Å². The molecule has 2 heterocycles. The van der Waals surface area contributed by atoms with Crippen molar-refractivity contribution in [1.82, 2.24) is 9.55 Å². The van der Waals surface area contributed by atoms with Crippen LogP contribution < -0.4 is 11.3 Å². The highest BCUT2D eigenvalue weighted by Crippen LogP contribution is 2.35. The number of H-pyrrole nitrogens is 1. The first-order valence-corrected chi connectivity index (χ1v) is 9.98. The summed E-state index contributed by atoms with van der Waals surface area (Å²) in [5.41, 5.74) is 8.36. The van der Waals surface area contributed by atoms with Crippen LogP contribution in [0.4, 0.5) is 4.39 Å². The van der Waals surface area contributed by atoms with Gasteiger partial charge in [-0.25, -0.2) is 9.18 Å². The maximum Gasteiger partial charge on any atom is 0.353 e. The number of hydrogen-bond acceptors (Lipinski definition) is 3. The van der Waals surface area contributed by atoms with Gasteiger partial charge >= 0.3 is 5.97 Å². The Morgan fingerprint density at radius 1 is 1.16 bits per heavy atom. The fraction of sp³-hybridized carbons (Fsp3) is 0.167. The molecule has 4 N–H and O–H groups in total. The molecule has 0 saturated heterocycles. The molecule has 4 rings (SSSR count). The number of fused-ring (bicyclic) bond motifs is 1. The van der Waals surface area contributed by atoms with E-state index in [0.717, 1.165) is 12.0 Å². The van der Waals surface area contributed by atoms with E-state index in [0.29, 0.717) is 27.6 Å². The highest BCUT2D eigenvalue weighted by atomic mass is 19.1. The first kappa shape index (κ1) is 20.6. The number of nitrogens with one attached hydrogen (secondary N) is 1. The van der Waals surface area contributed by atoms with Gasteiger partial charge in [0.15, 0.2) is 0 Å². The average Bonchev–Trinajstić information content (AvgIpc) is 3.08. The summed E-state index contributed by atoms with van der Waals surface area (Å²) >= 11 is 0. The van der Waals surface area contributed by atoms with Gasteiger partial charge in [0.1, 0.15) is 11.5 Å². The van der Waals surface area contributed by atoms with E-state index in [9.17, 15) is 19.1 Å². The summed E-state index contributed by atoms with van der Waals surface area (Å²) < 4.78 is 16.3. The minimum absolute atomic E-state index is 0.00499. The van der Waals surface area contributed by atoms with Crippen molar-refractivity contribution < 1.29 is 14.3 Å². The molecule has 0 unspecified atom stereocenters. The van der Waals surface area contributed by atoms with Gasteiger partial charge in [0.25, 0.3) is 5.56 Å². The van der Waals surface area contributed by atoms with Crippen molar-refractivity contribution in [2.24, 2.45) is 5.73 Å². The Kier molecular flexibility index (Phi) is 5.44. The molecule has 31 heavy (non-hydrogen) atoms. The van der Waals surface area contributed by atoms with Gasteiger partial charge in [-0.15, -0.1) is 0 Å². The molecule has 6 nitrogen and oxygen atoms in total. The number of aryl methyl sites for hydroxylation is 1. The number of aromatic amines is 1. The van der Waals surface area contributed by atoms with Gasteiger partial charge < -0.3 is 20.4 Å². The fourth-order valence-corrected chi connectivity index (χ4v) is 3.92. The number of rotatable bonds is 6. The number of carbonyl (C=O) groups is 1. The zero-order valence-electron chi connectivity index (χ0n) is 17.0. The summed E-state index contributed by atoms with van der Waals surface area (Å²) in [5.74, 6) is -1.64. The maximum atomic E-state index is 14.7. The Balaban J connectivity index is 2.04. The van der Waals surface area contributed by atoms with Crippen LogP contribution in [0.1, 0.15) is 34.1 Å². The zero-order valence-corrected chi connectivity index (χ0v) is 17.0. The predicted octanol–water partition coefficient (Wildman–Crippen LogP) is 3.90. The molecule has 0 bridgehead atoms. The first-order chi connectivity index (χ1) is 14.9. The topological polar surface area (TPSA) is 101 Å². The van der Waals surface area contributed by atoms with Gasteiger partial charge in [-0.1, -0.05) is 25.1 Å². The largest absolute Gasteiger partial charge is 0.477 e. The van der Waals surface area contributed by atoms with E-state index >= 15 is 0 Å². The van der Waals surface area contributed by atoms with Crippen LogP contribution in [-0.4, -0.2) is 20.6 Å². The summed E-state index contributed by atoms with van der Waals surface area (Å²) in [6.07, 6.45) is 2.25. The standard InChI is InChI=1S/C24H22FN3O3/c1-2-14-6-8-20-18(10-14)21(17-4-3-9-27-23(17)29)22(24(30)31)28(20)13-16-7-5-15(12-26)11-19(16)25/h3-11H,2,12-13,26H2,1H3,(H,27,29)(H,30,31). The Hall–Kier alpha value is -3.71. The molecule has 0 spiro atoms. The third-order valence-electron chi connectivity index (χ3n) is 5.51. The Morgan fingerprint density at radius 2 is 1.94 bits per heavy atom. The Bertz CT molecular complexity index is 1350. The maximum absolute atomic E-state index is 14.7. The molecule has 0 amide bonds. The van der Waals surface area contributed by atoms with Crippen LogP contribution >= 0.6 is 0 Å². The van der Waals surface area contributed by atoms with Gasteiger partial charge in [-0.2, -0.15) is 0 Å². The fourth-order valence-electron chi connectivity index (χ4n) is 3.92. The molecule has 0 atom stereocenters. The predicted molar refractivity (Wildman–Crippen MR) is 118 cm³/mol. The number of carboxylic acids is 1. The lowest BCUT2D eigenvalue weighted by Crippen LogP contribution is -2.14. The van der Waals surface area contributed by atoms with Crippen LogP contribution in [-0.2, 0) is 19.5 Å². The number of aromatic nitrogens is 2. The van der Waals surface area contributed by atoms with E-state index in [1.165, 1.54) is 12.3 Å². The van der Waals surface area contributed by atoms with Crippen LogP contribution in [0.5, 0.6) is 0 Å². The van der Waals surface area contributed by atoms with Crippen molar-refractivity contribution in [1.29, 1.82) is 0 Å². The van der Waals surface area contributed by atoms with Gasteiger partial charge in [0.05, 0.1) is 6.54 Å². The molecule has 2 aromatic heterocycles. The van der Waals surface area contributed by atoms with Crippen molar-refractivity contribution in [3.8, 4) is 11.1 Å². The first-order valence-electron chi connectivity index (χ1n) is 9.98. The Labute approximate surface area is 177 Å². The smallest absolute Gasteiger partial charge is 0.353 e. The molecule has 4 aromatic rings. The van der Waals surface area contributed by atoms with E-state index < -0.39 is 11.8 Å². The van der Waals surface area contributed by atoms with E-state index in [2.05, 4.69) is 4.98 Å². The molecule has 0 aliphatic heterocycles. The molecule has 0 aliphatic rings. The van der Waals surface area contributed by atoms with Crippen molar-refractivity contribution >= 4 is 16.9 Å². The summed E-state index contributed by atoms with van der Waals surface area (Å²) in [5, 5.41) is 10.8. The number of benzene rings is 2. The lowest BCUT2D eigenvalue weighted by molar-refractivity contribution is 0.0687. The van der Waals surface area contributed by atoms with Crippen LogP contribution in [0.25, 0.3) is 22.0 Å².